The summed E-state index contributed by atoms with van der Waals surface area (Å²) in [6.45, 7) is 2.99. The van der Waals surface area contributed by atoms with Gasteiger partial charge in [-0.2, -0.15) is 0 Å². The van der Waals surface area contributed by atoms with E-state index >= 15 is 0 Å². The lowest BCUT2D eigenvalue weighted by molar-refractivity contribution is -0.383. The monoisotopic (exact) mass is 286 g/mol. The van der Waals surface area contributed by atoms with Crippen LogP contribution < -0.4 is 10.1 Å². The number of fused-ring (bicyclic) bond motifs is 1. The number of hydrogen-bond donors (Lipinski definition) is 1. The first-order valence-electron chi connectivity index (χ1n) is 6.70. The molecule has 1 aliphatic heterocycles. The highest BCUT2D eigenvalue weighted by molar-refractivity contribution is 5.81. The summed E-state index contributed by atoms with van der Waals surface area (Å²) in [6, 6.07) is 5.61. The van der Waals surface area contributed by atoms with E-state index in [0.29, 0.717) is 24.5 Å². The van der Waals surface area contributed by atoms with Gasteiger partial charge >= 0.3 is 5.69 Å². The molecule has 0 radical (unpaired) electrons. The highest BCUT2D eigenvalue weighted by Crippen LogP contribution is 2.41. The zero-order chi connectivity index (χ0) is 14.8. The molecule has 7 nitrogen and oxygen atoms in total. The molecule has 0 unspecified atom stereocenters. The molecule has 0 saturated carbocycles. The fourth-order valence-electron chi connectivity index (χ4n) is 2.45. The fourth-order valence-corrected chi connectivity index (χ4v) is 2.45. The summed E-state index contributed by atoms with van der Waals surface area (Å²) in [6.07, 6.45) is 2.14. The van der Waals surface area contributed by atoms with Crippen molar-refractivity contribution >= 4 is 11.5 Å². The van der Waals surface area contributed by atoms with Crippen LogP contribution in [0, 0.1) is 10.1 Å². The van der Waals surface area contributed by atoms with E-state index in [-0.39, 0.29) is 17.2 Å². The molecule has 2 aromatic rings. The van der Waals surface area contributed by atoms with E-state index in [1.54, 1.807) is 6.07 Å². The normalized spacial score (nSPS) is 12.6. The van der Waals surface area contributed by atoms with Crippen LogP contribution in [0.15, 0.2) is 24.5 Å². The van der Waals surface area contributed by atoms with Gasteiger partial charge in [0.25, 0.3) is 0 Å². The van der Waals surface area contributed by atoms with Gasteiger partial charge in [-0.3, -0.25) is 10.1 Å². The van der Waals surface area contributed by atoms with Crippen molar-refractivity contribution in [1.82, 2.24) is 9.97 Å². The summed E-state index contributed by atoms with van der Waals surface area (Å²) in [4.78, 5) is 19.1. The number of nitrogens with one attached hydrogen (secondary N) is 1. The van der Waals surface area contributed by atoms with Crippen molar-refractivity contribution in [3.05, 3.63) is 40.2 Å². The van der Waals surface area contributed by atoms with Gasteiger partial charge in [0, 0.05) is 18.5 Å². The second kappa shape index (κ2) is 5.35. The Morgan fingerprint density at radius 3 is 3.05 bits per heavy atom. The van der Waals surface area contributed by atoms with Crippen molar-refractivity contribution in [2.45, 2.75) is 13.3 Å². The molecule has 3 rings (SSSR count). The van der Waals surface area contributed by atoms with Gasteiger partial charge in [-0.1, -0.05) is 12.1 Å². The Labute approximate surface area is 121 Å². The molecule has 0 spiro atoms. The van der Waals surface area contributed by atoms with Gasteiger partial charge in [-0.05, 0) is 18.6 Å². The van der Waals surface area contributed by atoms with E-state index in [9.17, 15) is 10.1 Å². The summed E-state index contributed by atoms with van der Waals surface area (Å²) >= 11 is 0. The third-order valence-electron chi connectivity index (χ3n) is 3.32. The Morgan fingerprint density at radius 1 is 1.43 bits per heavy atom. The molecule has 0 saturated heterocycles. The molecule has 108 valence electrons. The lowest BCUT2D eigenvalue weighted by atomic mass is 10.0. The average molecular weight is 286 g/mol. The number of ether oxygens (including phenoxy) is 1. The van der Waals surface area contributed by atoms with Crippen LogP contribution in [0.25, 0.3) is 11.3 Å². The van der Waals surface area contributed by atoms with Crippen molar-refractivity contribution in [3.8, 4) is 17.0 Å². The largest absolute Gasteiger partial charge is 0.492 e. The SMILES string of the molecule is CCNc1ncnc(-c2cccc3c2OCC3)c1[N+](=O)[O-]. The Hall–Kier alpha value is -2.70. The number of nitrogens with zero attached hydrogens (tertiary/aromatic N) is 3. The minimum atomic E-state index is -0.457. The number of rotatable bonds is 4. The van der Waals surface area contributed by atoms with Gasteiger partial charge in [-0.15, -0.1) is 0 Å². The Bertz CT molecular complexity index is 703. The zero-order valence-corrected chi connectivity index (χ0v) is 11.5. The Morgan fingerprint density at radius 2 is 2.29 bits per heavy atom. The molecule has 7 heteroatoms. The summed E-state index contributed by atoms with van der Waals surface area (Å²) in [5.41, 5.74) is 1.84. The molecule has 21 heavy (non-hydrogen) atoms. The summed E-state index contributed by atoms with van der Waals surface area (Å²) < 4.78 is 5.62. The minimum Gasteiger partial charge on any atom is -0.492 e. The topological polar surface area (TPSA) is 90.2 Å². The van der Waals surface area contributed by atoms with Gasteiger partial charge < -0.3 is 10.1 Å². The van der Waals surface area contributed by atoms with Crippen LogP contribution in [0.4, 0.5) is 11.5 Å². The third-order valence-corrected chi connectivity index (χ3v) is 3.32. The smallest absolute Gasteiger partial charge is 0.337 e. The second-order valence-electron chi connectivity index (χ2n) is 4.60. The van der Waals surface area contributed by atoms with Crippen molar-refractivity contribution in [2.75, 3.05) is 18.5 Å². The maximum Gasteiger partial charge on any atom is 0.337 e. The standard InChI is InChI=1S/C14H14N4O3/c1-2-15-14-12(18(19)20)11(16-8-17-14)10-5-3-4-9-6-7-21-13(9)10/h3-5,8H,2,6-7H2,1H3,(H,15,16,17). The second-order valence-corrected chi connectivity index (χ2v) is 4.60. The van der Waals surface area contributed by atoms with Crippen LogP contribution in [0.1, 0.15) is 12.5 Å². The van der Waals surface area contributed by atoms with Gasteiger partial charge in [0.05, 0.1) is 11.5 Å². The zero-order valence-electron chi connectivity index (χ0n) is 11.5. The molecule has 0 atom stereocenters. The fraction of sp³-hybridized carbons (Fsp3) is 0.286. The maximum absolute atomic E-state index is 11.4. The van der Waals surface area contributed by atoms with Crippen LogP contribution in [0.3, 0.4) is 0 Å². The van der Waals surface area contributed by atoms with E-state index in [1.165, 1.54) is 6.33 Å². The van der Waals surface area contributed by atoms with Crippen molar-refractivity contribution in [3.63, 3.8) is 0 Å². The lowest BCUT2D eigenvalue weighted by Crippen LogP contribution is -2.06. The molecule has 0 bridgehead atoms. The first kappa shape index (κ1) is 13.3. The molecular formula is C14H14N4O3. The molecule has 1 aromatic heterocycles. The molecule has 0 amide bonds. The molecular weight excluding hydrogens is 272 g/mol. The number of benzene rings is 1. The first-order chi connectivity index (χ1) is 10.2. The van der Waals surface area contributed by atoms with E-state index in [1.807, 2.05) is 19.1 Å². The molecule has 0 fully saturated rings. The Balaban J connectivity index is 2.21. The van der Waals surface area contributed by atoms with Crippen LogP contribution >= 0.6 is 0 Å². The van der Waals surface area contributed by atoms with Crippen LogP contribution in [-0.2, 0) is 6.42 Å². The van der Waals surface area contributed by atoms with Crippen LogP contribution in [-0.4, -0.2) is 28.0 Å². The predicted octanol–water partition coefficient (Wildman–Crippen LogP) is 2.42. The van der Waals surface area contributed by atoms with E-state index in [0.717, 1.165) is 12.0 Å². The average Bonchev–Trinajstić information content (AvgIpc) is 2.95. The highest BCUT2D eigenvalue weighted by Gasteiger charge is 2.27. The third kappa shape index (κ3) is 2.26. The van der Waals surface area contributed by atoms with Gasteiger partial charge in [0.2, 0.25) is 5.82 Å². The molecule has 1 aliphatic rings. The van der Waals surface area contributed by atoms with E-state index in [4.69, 9.17) is 4.74 Å². The van der Waals surface area contributed by atoms with E-state index in [2.05, 4.69) is 15.3 Å². The predicted molar refractivity (Wildman–Crippen MR) is 77.5 cm³/mol. The number of hydrogen-bond acceptors (Lipinski definition) is 6. The number of aromatic nitrogens is 2. The quantitative estimate of drug-likeness (QED) is 0.685. The maximum atomic E-state index is 11.4. The first-order valence-corrected chi connectivity index (χ1v) is 6.70. The number of anilines is 1. The molecule has 1 aromatic carbocycles. The van der Waals surface area contributed by atoms with Gasteiger partial charge in [0.1, 0.15) is 12.1 Å². The van der Waals surface area contributed by atoms with Crippen molar-refractivity contribution in [1.29, 1.82) is 0 Å². The summed E-state index contributed by atoms with van der Waals surface area (Å²) in [5.74, 6) is 0.907. The molecule has 0 aliphatic carbocycles. The van der Waals surface area contributed by atoms with Crippen LogP contribution in [0.2, 0.25) is 0 Å². The summed E-state index contributed by atoms with van der Waals surface area (Å²) in [5, 5.41) is 14.3. The van der Waals surface area contributed by atoms with Crippen molar-refractivity contribution < 1.29 is 9.66 Å². The lowest BCUT2D eigenvalue weighted by Gasteiger charge is -2.10. The van der Waals surface area contributed by atoms with Crippen molar-refractivity contribution in [2.24, 2.45) is 0 Å². The molecule has 2 heterocycles. The van der Waals surface area contributed by atoms with Gasteiger partial charge in [0.15, 0.2) is 5.69 Å². The minimum absolute atomic E-state index is 0.122. The molecule has 1 N–H and O–H groups in total. The van der Waals surface area contributed by atoms with Crippen LogP contribution in [0.5, 0.6) is 5.75 Å². The Kier molecular flexibility index (Phi) is 3.39. The highest BCUT2D eigenvalue weighted by atomic mass is 16.6. The number of para-hydroxylation sites is 1. The number of nitro groups is 1. The van der Waals surface area contributed by atoms with Gasteiger partial charge in [-0.25, -0.2) is 9.97 Å². The van der Waals surface area contributed by atoms with E-state index < -0.39 is 4.92 Å². The summed E-state index contributed by atoms with van der Waals surface area (Å²) in [7, 11) is 0.